The van der Waals surface area contributed by atoms with Gasteiger partial charge in [0.05, 0.1) is 10.6 Å². The largest absolute Gasteiger partial charge is 0.573 e. The second-order valence-corrected chi connectivity index (χ2v) is 7.94. The molecule has 0 radical (unpaired) electrons. The Bertz CT molecular complexity index is 1170. The fraction of sp³-hybridized carbons (Fsp3) is 0.0476. The van der Waals surface area contributed by atoms with E-state index in [0.717, 1.165) is 11.8 Å². The van der Waals surface area contributed by atoms with Crippen LogP contribution in [0.1, 0.15) is 5.76 Å². The zero-order valence-corrected chi connectivity index (χ0v) is 17.0. The summed E-state index contributed by atoms with van der Waals surface area (Å²) in [5, 5.41) is 0. The summed E-state index contributed by atoms with van der Waals surface area (Å²) >= 11 is 6.35. The molecular formula is C21H11F4NO3S2. The van der Waals surface area contributed by atoms with Gasteiger partial charge in [-0.05, 0) is 60.7 Å². The third-order valence-corrected chi connectivity index (χ3v) is 5.45. The van der Waals surface area contributed by atoms with Crippen molar-refractivity contribution in [2.45, 2.75) is 6.36 Å². The normalized spacial score (nSPS) is 15.7. The first-order valence-electron chi connectivity index (χ1n) is 8.69. The van der Waals surface area contributed by atoms with Crippen LogP contribution in [0, 0.1) is 5.82 Å². The Hall–Kier alpha value is -3.11. The molecule has 0 N–H and O–H groups in total. The summed E-state index contributed by atoms with van der Waals surface area (Å²) in [6.07, 6.45) is -3.24. The lowest BCUT2D eigenvalue weighted by molar-refractivity contribution is -0.274. The van der Waals surface area contributed by atoms with Crippen LogP contribution in [-0.4, -0.2) is 16.6 Å². The van der Waals surface area contributed by atoms with E-state index in [-0.39, 0.29) is 11.7 Å². The van der Waals surface area contributed by atoms with E-state index in [4.69, 9.17) is 16.6 Å². The van der Waals surface area contributed by atoms with E-state index in [1.165, 1.54) is 59.5 Å². The van der Waals surface area contributed by atoms with Gasteiger partial charge in [-0.3, -0.25) is 9.69 Å². The number of hydrogen-bond acceptors (Lipinski definition) is 5. The predicted molar refractivity (Wildman–Crippen MR) is 113 cm³/mol. The number of ether oxygens (including phenoxy) is 1. The highest BCUT2D eigenvalue weighted by Crippen LogP contribution is 2.37. The van der Waals surface area contributed by atoms with Gasteiger partial charge in [0.25, 0.3) is 5.91 Å². The van der Waals surface area contributed by atoms with Crippen molar-refractivity contribution in [2.75, 3.05) is 4.90 Å². The monoisotopic (exact) mass is 465 g/mol. The predicted octanol–water partition coefficient (Wildman–Crippen LogP) is 6.39. The van der Waals surface area contributed by atoms with Gasteiger partial charge in [0, 0.05) is 11.6 Å². The second-order valence-electron chi connectivity index (χ2n) is 6.27. The molecule has 158 valence electrons. The van der Waals surface area contributed by atoms with Crippen molar-refractivity contribution in [1.29, 1.82) is 0 Å². The lowest BCUT2D eigenvalue weighted by Gasteiger charge is -2.14. The number of carbonyl (C=O) groups excluding carboxylic acids is 1. The first kappa shape index (κ1) is 21.1. The molecular weight excluding hydrogens is 454 g/mol. The van der Waals surface area contributed by atoms with Crippen LogP contribution in [0.4, 0.5) is 23.2 Å². The second kappa shape index (κ2) is 8.20. The van der Waals surface area contributed by atoms with Crippen LogP contribution < -0.4 is 9.64 Å². The molecule has 0 bridgehead atoms. The lowest BCUT2D eigenvalue weighted by atomic mass is 10.2. The van der Waals surface area contributed by atoms with Gasteiger partial charge in [-0.25, -0.2) is 4.39 Å². The van der Waals surface area contributed by atoms with Crippen molar-refractivity contribution in [1.82, 2.24) is 0 Å². The number of furan rings is 1. The van der Waals surface area contributed by atoms with Crippen LogP contribution in [0.15, 0.2) is 70.0 Å². The molecule has 2 aromatic carbocycles. The van der Waals surface area contributed by atoms with Gasteiger partial charge in [0.15, 0.2) is 4.32 Å². The molecule has 1 aliphatic heterocycles. The van der Waals surface area contributed by atoms with Gasteiger partial charge in [-0.2, -0.15) is 0 Å². The van der Waals surface area contributed by atoms with Crippen LogP contribution in [0.5, 0.6) is 5.75 Å². The Kier molecular flexibility index (Phi) is 5.59. The molecule has 4 rings (SSSR count). The fourth-order valence-corrected chi connectivity index (χ4v) is 4.10. The van der Waals surface area contributed by atoms with E-state index in [2.05, 4.69) is 4.74 Å². The number of nitrogens with zero attached hydrogens (tertiary/aromatic N) is 1. The molecule has 3 aromatic rings. The molecule has 1 aromatic heterocycles. The molecule has 0 aliphatic carbocycles. The molecule has 2 heterocycles. The van der Waals surface area contributed by atoms with E-state index >= 15 is 0 Å². The van der Waals surface area contributed by atoms with Crippen LogP contribution in [-0.2, 0) is 4.79 Å². The minimum Gasteiger partial charge on any atom is -0.457 e. The third kappa shape index (κ3) is 4.80. The minimum absolute atomic E-state index is 0.301. The van der Waals surface area contributed by atoms with E-state index < -0.39 is 12.2 Å². The molecule has 0 saturated carbocycles. The molecule has 0 atom stereocenters. The Balaban J connectivity index is 1.52. The third-order valence-electron chi connectivity index (χ3n) is 4.15. The lowest BCUT2D eigenvalue weighted by Crippen LogP contribution is -2.27. The first-order valence-corrected chi connectivity index (χ1v) is 9.92. The molecule has 1 fully saturated rings. The summed E-state index contributed by atoms with van der Waals surface area (Å²) in [7, 11) is 0. The number of hydrogen-bond donors (Lipinski definition) is 0. The number of rotatable bonds is 4. The van der Waals surface area contributed by atoms with Gasteiger partial charge in [0.1, 0.15) is 23.1 Å². The van der Waals surface area contributed by atoms with Crippen LogP contribution in [0.3, 0.4) is 0 Å². The van der Waals surface area contributed by atoms with Crippen molar-refractivity contribution in [3.05, 3.63) is 77.1 Å². The van der Waals surface area contributed by atoms with Gasteiger partial charge in [-0.15, -0.1) is 13.2 Å². The van der Waals surface area contributed by atoms with Gasteiger partial charge >= 0.3 is 6.36 Å². The van der Waals surface area contributed by atoms with E-state index in [1.54, 1.807) is 12.1 Å². The fourth-order valence-electron chi connectivity index (χ4n) is 2.82. The molecule has 4 nitrogen and oxygen atoms in total. The Morgan fingerprint density at radius 1 is 1.00 bits per heavy atom. The van der Waals surface area contributed by atoms with Gasteiger partial charge in [0.2, 0.25) is 0 Å². The number of thioether (sulfide) groups is 1. The summed E-state index contributed by atoms with van der Waals surface area (Å²) in [6.45, 7) is 0. The molecule has 0 spiro atoms. The quantitative estimate of drug-likeness (QED) is 0.254. The highest BCUT2D eigenvalue weighted by atomic mass is 32.2. The van der Waals surface area contributed by atoms with Crippen molar-refractivity contribution >= 4 is 46.0 Å². The Labute approximate surface area is 183 Å². The SMILES string of the molecule is O=C1/C(=C\c2ccc(-c3ccc(OC(F)(F)F)cc3)o2)SC(=S)N1c1ccc(F)cc1. The van der Waals surface area contributed by atoms with Crippen molar-refractivity contribution < 1.29 is 31.5 Å². The summed E-state index contributed by atoms with van der Waals surface area (Å²) < 4.78 is 59.8. The number of alkyl halides is 3. The van der Waals surface area contributed by atoms with Gasteiger partial charge in [-0.1, -0.05) is 24.0 Å². The molecule has 10 heteroatoms. The van der Waals surface area contributed by atoms with E-state index in [1.807, 2.05) is 0 Å². The Morgan fingerprint density at radius 3 is 2.32 bits per heavy atom. The highest BCUT2D eigenvalue weighted by molar-refractivity contribution is 8.27. The van der Waals surface area contributed by atoms with Crippen molar-refractivity contribution in [3.8, 4) is 17.1 Å². The molecule has 1 amide bonds. The maximum absolute atomic E-state index is 13.1. The number of carbonyl (C=O) groups is 1. The van der Waals surface area contributed by atoms with Crippen molar-refractivity contribution in [3.63, 3.8) is 0 Å². The smallest absolute Gasteiger partial charge is 0.457 e. The summed E-state index contributed by atoms with van der Waals surface area (Å²) in [5.74, 6) is -0.365. The van der Waals surface area contributed by atoms with Gasteiger partial charge < -0.3 is 9.15 Å². The average molecular weight is 465 g/mol. The summed E-state index contributed by atoms with van der Waals surface area (Å²) in [6, 6.07) is 13.9. The zero-order chi connectivity index (χ0) is 22.2. The summed E-state index contributed by atoms with van der Waals surface area (Å²) in [4.78, 5) is 14.4. The number of thiocarbonyl (C=S) groups is 1. The zero-order valence-electron chi connectivity index (χ0n) is 15.4. The maximum Gasteiger partial charge on any atom is 0.573 e. The topological polar surface area (TPSA) is 42.7 Å². The number of benzene rings is 2. The molecule has 1 saturated heterocycles. The molecule has 31 heavy (non-hydrogen) atoms. The minimum atomic E-state index is -4.76. The number of anilines is 1. The van der Waals surface area contributed by atoms with Crippen LogP contribution >= 0.6 is 24.0 Å². The maximum atomic E-state index is 13.1. The molecule has 1 aliphatic rings. The van der Waals surface area contributed by atoms with Crippen LogP contribution in [0.2, 0.25) is 0 Å². The average Bonchev–Trinajstić information content (AvgIpc) is 3.27. The first-order chi connectivity index (χ1) is 14.7. The summed E-state index contributed by atoms with van der Waals surface area (Å²) in [5.41, 5.74) is 0.988. The molecule has 0 unspecified atom stereocenters. The Morgan fingerprint density at radius 2 is 1.68 bits per heavy atom. The standard InChI is InChI=1S/C21H11F4NO3S2/c22-13-3-5-14(6-4-13)26-19(27)18(31-20(26)30)11-16-9-10-17(28-16)12-1-7-15(8-2-12)29-21(23,24)25/h1-11H/b18-11+. The number of halogens is 4. The van der Waals surface area contributed by atoms with Crippen LogP contribution in [0.25, 0.3) is 17.4 Å². The highest BCUT2D eigenvalue weighted by Gasteiger charge is 2.33. The number of amides is 1. The van der Waals surface area contributed by atoms with E-state index in [9.17, 15) is 22.4 Å². The van der Waals surface area contributed by atoms with Crippen molar-refractivity contribution in [2.24, 2.45) is 0 Å². The van der Waals surface area contributed by atoms with E-state index in [0.29, 0.717) is 32.0 Å².